The van der Waals surface area contributed by atoms with Gasteiger partial charge < -0.3 is 36.5 Å². The molecule has 0 saturated heterocycles. The van der Waals surface area contributed by atoms with Gasteiger partial charge in [-0.1, -0.05) is 30.3 Å². The molecule has 2 aromatic carbocycles. The van der Waals surface area contributed by atoms with E-state index in [2.05, 4.69) is 42.8 Å². The van der Waals surface area contributed by atoms with Gasteiger partial charge in [-0.15, -0.1) is 6.58 Å². The molecule has 39 heavy (non-hydrogen) atoms. The van der Waals surface area contributed by atoms with Crippen molar-refractivity contribution in [3.8, 4) is 0 Å². The standard InChI is InChI=1S/C27H35FN8O3/c1-2-12-31-25-34-26(36-27(35-25)33-19-21-5-9-23(28)10-6-21)32-18-20-3-7-22(8-4-20)24(37)30-13-15-39-17-16-38-14-11-29/h2-10H,1,11-19,29H2,(H,30,37)(H3,31,32,33,34,35,36). The highest BCUT2D eigenvalue weighted by Crippen LogP contribution is 2.13. The van der Waals surface area contributed by atoms with Gasteiger partial charge in [-0.05, 0) is 35.4 Å². The molecule has 0 aliphatic carbocycles. The molecule has 1 aromatic heterocycles. The number of rotatable bonds is 18. The smallest absolute Gasteiger partial charge is 0.251 e. The summed E-state index contributed by atoms with van der Waals surface area (Å²) in [5.74, 6) is 0.648. The van der Waals surface area contributed by atoms with E-state index in [0.29, 0.717) is 82.6 Å². The van der Waals surface area contributed by atoms with Crippen molar-refractivity contribution in [1.29, 1.82) is 0 Å². The zero-order valence-electron chi connectivity index (χ0n) is 21.8. The van der Waals surface area contributed by atoms with Crippen LogP contribution in [0.5, 0.6) is 0 Å². The van der Waals surface area contributed by atoms with Gasteiger partial charge in [-0.25, -0.2) is 4.39 Å². The second-order valence-electron chi connectivity index (χ2n) is 8.28. The lowest BCUT2D eigenvalue weighted by Crippen LogP contribution is -2.27. The highest BCUT2D eigenvalue weighted by Gasteiger charge is 2.08. The fourth-order valence-electron chi connectivity index (χ4n) is 3.26. The first kappa shape index (κ1) is 29.4. The highest BCUT2D eigenvalue weighted by molar-refractivity contribution is 5.94. The predicted molar refractivity (Wildman–Crippen MR) is 149 cm³/mol. The highest BCUT2D eigenvalue weighted by atomic mass is 19.1. The van der Waals surface area contributed by atoms with E-state index in [1.807, 2.05) is 12.1 Å². The number of ether oxygens (including phenoxy) is 2. The number of nitrogens with zero attached hydrogens (tertiary/aromatic N) is 3. The van der Waals surface area contributed by atoms with E-state index in [4.69, 9.17) is 15.2 Å². The van der Waals surface area contributed by atoms with Crippen LogP contribution in [0.3, 0.4) is 0 Å². The number of carbonyl (C=O) groups excluding carboxylic acids is 1. The van der Waals surface area contributed by atoms with E-state index in [-0.39, 0.29) is 11.7 Å². The van der Waals surface area contributed by atoms with Gasteiger partial charge in [0.15, 0.2) is 0 Å². The van der Waals surface area contributed by atoms with Gasteiger partial charge in [-0.3, -0.25) is 4.79 Å². The molecule has 0 spiro atoms. The molecule has 0 atom stereocenters. The largest absolute Gasteiger partial charge is 0.378 e. The molecule has 0 fully saturated rings. The van der Waals surface area contributed by atoms with E-state index in [1.165, 1.54) is 12.1 Å². The minimum absolute atomic E-state index is 0.176. The van der Waals surface area contributed by atoms with Gasteiger partial charge in [0.2, 0.25) is 17.8 Å². The van der Waals surface area contributed by atoms with Gasteiger partial charge in [0.05, 0.1) is 26.4 Å². The first-order valence-electron chi connectivity index (χ1n) is 12.6. The average molecular weight is 539 g/mol. The Morgan fingerprint density at radius 1 is 0.821 bits per heavy atom. The number of benzene rings is 2. The van der Waals surface area contributed by atoms with Gasteiger partial charge in [-0.2, -0.15) is 15.0 Å². The summed E-state index contributed by atoms with van der Waals surface area (Å²) >= 11 is 0. The van der Waals surface area contributed by atoms with Crippen molar-refractivity contribution in [3.05, 3.63) is 83.7 Å². The van der Waals surface area contributed by atoms with Gasteiger partial charge >= 0.3 is 0 Å². The Bertz CT molecular complexity index is 1160. The molecule has 0 aliphatic heterocycles. The number of nitrogens with two attached hydrogens (primary N) is 1. The van der Waals surface area contributed by atoms with Gasteiger partial charge in [0, 0.05) is 38.3 Å². The number of hydrogen-bond acceptors (Lipinski definition) is 10. The molecular weight excluding hydrogens is 503 g/mol. The van der Waals surface area contributed by atoms with Crippen LogP contribution in [0.2, 0.25) is 0 Å². The van der Waals surface area contributed by atoms with Crippen molar-refractivity contribution >= 4 is 23.8 Å². The Hall–Kier alpha value is -4.13. The fourth-order valence-corrected chi connectivity index (χ4v) is 3.26. The summed E-state index contributed by atoms with van der Waals surface area (Å²) in [5, 5.41) is 12.2. The van der Waals surface area contributed by atoms with Crippen molar-refractivity contribution in [2.45, 2.75) is 13.1 Å². The molecule has 12 heteroatoms. The van der Waals surface area contributed by atoms with Crippen LogP contribution < -0.4 is 27.0 Å². The molecule has 0 saturated carbocycles. The lowest BCUT2D eigenvalue weighted by Gasteiger charge is -2.11. The molecular formula is C27H35FN8O3. The van der Waals surface area contributed by atoms with Crippen LogP contribution in [0.1, 0.15) is 21.5 Å². The molecule has 208 valence electrons. The van der Waals surface area contributed by atoms with Crippen molar-refractivity contribution in [1.82, 2.24) is 20.3 Å². The number of halogens is 1. The summed E-state index contributed by atoms with van der Waals surface area (Å²) in [6.45, 7) is 7.76. The Balaban J connectivity index is 1.49. The lowest BCUT2D eigenvalue weighted by molar-refractivity contribution is 0.0511. The van der Waals surface area contributed by atoms with Gasteiger partial charge in [0.1, 0.15) is 5.82 Å². The lowest BCUT2D eigenvalue weighted by atomic mass is 10.1. The van der Waals surface area contributed by atoms with Crippen molar-refractivity contribution in [3.63, 3.8) is 0 Å². The van der Waals surface area contributed by atoms with E-state index in [1.54, 1.807) is 30.3 Å². The number of amides is 1. The molecule has 0 aliphatic rings. The van der Waals surface area contributed by atoms with Crippen LogP contribution in [0, 0.1) is 5.82 Å². The van der Waals surface area contributed by atoms with Crippen molar-refractivity contribution < 1.29 is 18.7 Å². The number of nitrogens with one attached hydrogen (secondary N) is 4. The maximum absolute atomic E-state index is 13.2. The first-order valence-corrected chi connectivity index (χ1v) is 12.6. The molecule has 0 radical (unpaired) electrons. The Morgan fingerprint density at radius 3 is 1.92 bits per heavy atom. The molecule has 3 aromatic rings. The molecule has 0 unspecified atom stereocenters. The molecule has 1 heterocycles. The normalized spacial score (nSPS) is 10.6. The third-order valence-electron chi connectivity index (χ3n) is 5.24. The number of aromatic nitrogens is 3. The zero-order chi connectivity index (χ0) is 27.7. The average Bonchev–Trinajstić information content (AvgIpc) is 2.96. The summed E-state index contributed by atoms with van der Waals surface area (Å²) < 4.78 is 23.8. The summed E-state index contributed by atoms with van der Waals surface area (Å²) in [4.78, 5) is 25.6. The van der Waals surface area contributed by atoms with Crippen molar-refractivity contribution in [2.75, 3.05) is 62.0 Å². The zero-order valence-corrected chi connectivity index (χ0v) is 21.8. The van der Waals surface area contributed by atoms with Crippen LogP contribution in [0.25, 0.3) is 0 Å². The number of anilines is 3. The van der Waals surface area contributed by atoms with Crippen LogP contribution in [-0.2, 0) is 22.6 Å². The maximum Gasteiger partial charge on any atom is 0.251 e. The summed E-state index contributed by atoms with van der Waals surface area (Å²) in [5.41, 5.74) is 7.72. The second-order valence-corrected chi connectivity index (χ2v) is 8.28. The van der Waals surface area contributed by atoms with Crippen LogP contribution in [-0.4, -0.2) is 66.9 Å². The van der Waals surface area contributed by atoms with Crippen molar-refractivity contribution in [2.24, 2.45) is 5.73 Å². The topological polar surface area (TPSA) is 148 Å². The third-order valence-corrected chi connectivity index (χ3v) is 5.24. The Morgan fingerprint density at radius 2 is 1.36 bits per heavy atom. The third kappa shape index (κ3) is 11.0. The Kier molecular flexibility index (Phi) is 12.6. The van der Waals surface area contributed by atoms with Crippen LogP contribution >= 0.6 is 0 Å². The van der Waals surface area contributed by atoms with Crippen LogP contribution in [0.15, 0.2) is 61.2 Å². The minimum Gasteiger partial charge on any atom is -0.378 e. The fraction of sp³-hybridized carbons (Fsp3) is 0.333. The SMILES string of the molecule is C=CCNc1nc(NCc2ccc(F)cc2)nc(NCc2ccc(C(=O)NCCOCCOCCN)cc2)n1. The predicted octanol–water partition coefficient (Wildman–Crippen LogP) is 2.55. The van der Waals surface area contributed by atoms with E-state index in [9.17, 15) is 9.18 Å². The molecule has 3 rings (SSSR count). The summed E-state index contributed by atoms with van der Waals surface area (Å²) in [6, 6.07) is 13.4. The molecule has 0 bridgehead atoms. The van der Waals surface area contributed by atoms with Gasteiger partial charge in [0.25, 0.3) is 5.91 Å². The number of hydrogen-bond donors (Lipinski definition) is 5. The molecule has 6 N–H and O–H groups in total. The van der Waals surface area contributed by atoms with E-state index < -0.39 is 0 Å². The summed E-state index contributed by atoms with van der Waals surface area (Å²) in [7, 11) is 0. The first-order chi connectivity index (χ1) is 19.1. The monoisotopic (exact) mass is 538 g/mol. The molecule has 11 nitrogen and oxygen atoms in total. The minimum atomic E-state index is -0.291. The van der Waals surface area contributed by atoms with E-state index >= 15 is 0 Å². The molecule has 1 amide bonds. The van der Waals surface area contributed by atoms with Crippen LogP contribution in [0.4, 0.5) is 22.2 Å². The number of carbonyl (C=O) groups is 1. The van der Waals surface area contributed by atoms with E-state index in [0.717, 1.165) is 11.1 Å². The quantitative estimate of drug-likeness (QED) is 0.121. The summed E-state index contributed by atoms with van der Waals surface area (Å²) in [6.07, 6.45) is 1.70. The maximum atomic E-state index is 13.2. The Labute approximate surface area is 227 Å². The second kappa shape index (κ2) is 16.7.